The highest BCUT2D eigenvalue weighted by atomic mass is 79.9. The second-order valence-corrected chi connectivity index (χ2v) is 4.90. The number of rotatable bonds is 4. The smallest absolute Gasteiger partial charge is 0.219 e. The van der Waals surface area contributed by atoms with Gasteiger partial charge >= 0.3 is 0 Å². The van der Waals surface area contributed by atoms with Crippen LogP contribution < -0.4 is 9.47 Å². The molecule has 0 saturated carbocycles. The minimum atomic E-state index is -0.236. The van der Waals surface area contributed by atoms with E-state index in [-0.39, 0.29) is 6.61 Å². The first kappa shape index (κ1) is 14.1. The average molecular weight is 345 g/mol. The largest absolute Gasteiger partial charge is 0.497 e. The van der Waals surface area contributed by atoms with Crippen molar-refractivity contribution in [2.75, 3.05) is 7.11 Å². The molecule has 0 amide bonds. The van der Waals surface area contributed by atoms with E-state index < -0.39 is 0 Å². The van der Waals surface area contributed by atoms with Crippen molar-refractivity contribution in [1.82, 2.24) is 4.98 Å². The number of ether oxygens (including phenoxy) is 2. The summed E-state index contributed by atoms with van der Waals surface area (Å²) in [7, 11) is 1.59. The minimum absolute atomic E-state index is 0.236. The Morgan fingerprint density at radius 2 is 2.11 bits per heavy atom. The summed E-state index contributed by atoms with van der Waals surface area (Å²) in [5.41, 5.74) is 0.379. The molecule has 4 nitrogen and oxygen atoms in total. The van der Waals surface area contributed by atoms with Gasteiger partial charge in [0, 0.05) is 6.07 Å². The van der Waals surface area contributed by atoms with Crippen LogP contribution >= 0.6 is 27.5 Å². The molecule has 0 unspecified atom stereocenters. The Morgan fingerprint density at radius 3 is 2.74 bits per heavy atom. The molecule has 0 saturated heterocycles. The van der Waals surface area contributed by atoms with Crippen molar-refractivity contribution in [3.05, 3.63) is 45.5 Å². The molecule has 2 rings (SSSR count). The van der Waals surface area contributed by atoms with E-state index in [0.717, 1.165) is 10.2 Å². The number of hydrogen-bond acceptors (Lipinski definition) is 4. The van der Waals surface area contributed by atoms with Crippen LogP contribution in [-0.4, -0.2) is 17.2 Å². The molecule has 1 heterocycles. The van der Waals surface area contributed by atoms with Gasteiger partial charge in [0.15, 0.2) is 0 Å². The van der Waals surface area contributed by atoms with Crippen molar-refractivity contribution in [2.24, 2.45) is 0 Å². The van der Waals surface area contributed by atoms with Crippen LogP contribution in [0.2, 0.25) is 5.02 Å². The Morgan fingerprint density at radius 1 is 1.32 bits per heavy atom. The number of benzene rings is 1. The predicted molar refractivity (Wildman–Crippen MR) is 75.9 cm³/mol. The standard InChI is InChI=1S/C13H11BrClNO3/c1-18-8-2-4-12(9(14)6-8)19-13-5-3-10(15)11(7-17)16-13/h2-6,17H,7H2,1H3. The van der Waals surface area contributed by atoms with Gasteiger partial charge < -0.3 is 14.6 Å². The summed E-state index contributed by atoms with van der Waals surface area (Å²) in [4.78, 5) is 4.11. The van der Waals surface area contributed by atoms with E-state index in [0.29, 0.717) is 22.3 Å². The second kappa shape index (κ2) is 6.23. The quantitative estimate of drug-likeness (QED) is 0.917. The topological polar surface area (TPSA) is 51.6 Å². The minimum Gasteiger partial charge on any atom is -0.497 e. The van der Waals surface area contributed by atoms with Crippen molar-refractivity contribution in [1.29, 1.82) is 0 Å². The Labute approximate surface area is 124 Å². The van der Waals surface area contributed by atoms with Crippen LogP contribution in [0, 0.1) is 0 Å². The lowest BCUT2D eigenvalue weighted by Gasteiger charge is -2.09. The fourth-order valence-electron chi connectivity index (χ4n) is 1.44. The molecule has 0 atom stereocenters. The SMILES string of the molecule is COc1ccc(Oc2ccc(Cl)c(CO)n2)c(Br)c1. The normalized spacial score (nSPS) is 10.3. The van der Waals surface area contributed by atoms with Crippen LogP contribution in [0.5, 0.6) is 17.4 Å². The van der Waals surface area contributed by atoms with Gasteiger partial charge in [-0.05, 0) is 40.2 Å². The lowest BCUT2D eigenvalue weighted by atomic mass is 10.3. The third kappa shape index (κ3) is 3.37. The molecular formula is C13H11BrClNO3. The van der Waals surface area contributed by atoms with Gasteiger partial charge in [0.1, 0.15) is 11.5 Å². The van der Waals surface area contributed by atoms with E-state index in [4.69, 9.17) is 26.2 Å². The van der Waals surface area contributed by atoms with Gasteiger partial charge in [-0.3, -0.25) is 0 Å². The van der Waals surface area contributed by atoms with Crippen LogP contribution in [0.4, 0.5) is 0 Å². The zero-order valence-electron chi connectivity index (χ0n) is 10.1. The van der Waals surface area contributed by atoms with Crippen molar-refractivity contribution in [3.8, 4) is 17.4 Å². The van der Waals surface area contributed by atoms with E-state index in [2.05, 4.69) is 20.9 Å². The molecule has 0 aliphatic rings. The molecule has 0 bridgehead atoms. The number of aliphatic hydroxyl groups excluding tert-OH is 1. The zero-order valence-corrected chi connectivity index (χ0v) is 12.4. The highest BCUT2D eigenvalue weighted by Gasteiger charge is 2.08. The highest BCUT2D eigenvalue weighted by Crippen LogP contribution is 2.32. The number of aromatic nitrogens is 1. The third-order valence-corrected chi connectivity index (χ3v) is 3.36. The molecule has 0 spiro atoms. The van der Waals surface area contributed by atoms with E-state index in [1.165, 1.54) is 0 Å². The molecule has 0 aliphatic carbocycles. The molecule has 6 heteroatoms. The van der Waals surface area contributed by atoms with Crippen LogP contribution in [0.3, 0.4) is 0 Å². The van der Waals surface area contributed by atoms with Gasteiger partial charge in [0.2, 0.25) is 5.88 Å². The molecule has 100 valence electrons. The van der Waals surface area contributed by atoms with Gasteiger partial charge in [-0.2, -0.15) is 0 Å². The number of methoxy groups -OCH3 is 1. The van der Waals surface area contributed by atoms with Gasteiger partial charge in [-0.25, -0.2) is 4.98 Å². The fourth-order valence-corrected chi connectivity index (χ4v) is 2.04. The molecule has 2 aromatic rings. The summed E-state index contributed by atoms with van der Waals surface area (Å²) in [6.07, 6.45) is 0. The predicted octanol–water partition coefficient (Wildman–Crippen LogP) is 3.79. The monoisotopic (exact) mass is 343 g/mol. The van der Waals surface area contributed by atoms with Crippen LogP contribution in [0.1, 0.15) is 5.69 Å². The van der Waals surface area contributed by atoms with Gasteiger partial charge in [0.05, 0.1) is 28.9 Å². The maximum atomic E-state index is 9.10. The first-order valence-corrected chi connectivity index (χ1v) is 6.59. The fraction of sp³-hybridized carbons (Fsp3) is 0.154. The van der Waals surface area contributed by atoms with Crippen molar-refractivity contribution < 1.29 is 14.6 Å². The Kier molecular flexibility index (Phi) is 4.63. The second-order valence-electron chi connectivity index (χ2n) is 3.63. The molecule has 19 heavy (non-hydrogen) atoms. The molecule has 0 fully saturated rings. The first-order valence-electron chi connectivity index (χ1n) is 5.41. The highest BCUT2D eigenvalue weighted by molar-refractivity contribution is 9.10. The third-order valence-electron chi connectivity index (χ3n) is 2.40. The molecular weight excluding hydrogens is 334 g/mol. The lowest BCUT2D eigenvalue weighted by Crippen LogP contribution is -1.95. The number of halogens is 2. The summed E-state index contributed by atoms with van der Waals surface area (Å²) < 4.78 is 11.5. The summed E-state index contributed by atoms with van der Waals surface area (Å²) in [6, 6.07) is 8.60. The number of nitrogens with zero attached hydrogens (tertiary/aromatic N) is 1. The maximum Gasteiger partial charge on any atom is 0.219 e. The van der Waals surface area contributed by atoms with E-state index in [1.54, 1.807) is 37.4 Å². The summed E-state index contributed by atoms with van der Waals surface area (Å²) in [5.74, 6) is 1.68. The number of pyridine rings is 1. The van der Waals surface area contributed by atoms with Gasteiger partial charge in [0.25, 0.3) is 0 Å². The van der Waals surface area contributed by atoms with Crippen LogP contribution in [-0.2, 0) is 6.61 Å². The molecule has 0 radical (unpaired) electrons. The van der Waals surface area contributed by atoms with Crippen molar-refractivity contribution in [2.45, 2.75) is 6.61 Å². The average Bonchev–Trinajstić information content (AvgIpc) is 2.43. The van der Waals surface area contributed by atoms with Gasteiger partial charge in [-0.1, -0.05) is 11.6 Å². The first-order chi connectivity index (χ1) is 9.13. The van der Waals surface area contributed by atoms with Crippen molar-refractivity contribution >= 4 is 27.5 Å². The van der Waals surface area contributed by atoms with E-state index >= 15 is 0 Å². The van der Waals surface area contributed by atoms with Crippen LogP contribution in [0.15, 0.2) is 34.8 Å². The molecule has 1 aromatic heterocycles. The summed E-state index contributed by atoms with van der Waals surface area (Å²) in [6.45, 7) is -0.236. The lowest BCUT2D eigenvalue weighted by molar-refractivity contribution is 0.275. The zero-order chi connectivity index (χ0) is 13.8. The maximum absolute atomic E-state index is 9.10. The van der Waals surface area contributed by atoms with Gasteiger partial charge in [-0.15, -0.1) is 0 Å². The summed E-state index contributed by atoms with van der Waals surface area (Å²) in [5, 5.41) is 9.51. The Bertz CT molecular complexity index is 592. The molecule has 1 N–H and O–H groups in total. The Hall–Kier alpha value is -1.30. The van der Waals surface area contributed by atoms with E-state index in [9.17, 15) is 0 Å². The summed E-state index contributed by atoms with van der Waals surface area (Å²) >= 11 is 9.25. The number of aliphatic hydroxyl groups is 1. The van der Waals surface area contributed by atoms with Crippen LogP contribution in [0.25, 0.3) is 0 Å². The van der Waals surface area contributed by atoms with Crippen molar-refractivity contribution in [3.63, 3.8) is 0 Å². The van der Waals surface area contributed by atoms with E-state index in [1.807, 2.05) is 0 Å². The molecule has 0 aliphatic heterocycles. The Balaban J connectivity index is 2.26. The number of hydrogen-bond donors (Lipinski definition) is 1. The molecule has 1 aromatic carbocycles.